The van der Waals surface area contributed by atoms with E-state index in [0.717, 1.165) is 13.0 Å². The van der Waals surface area contributed by atoms with Crippen molar-refractivity contribution in [2.75, 3.05) is 13.7 Å². The van der Waals surface area contributed by atoms with E-state index in [9.17, 15) is 4.39 Å². The summed E-state index contributed by atoms with van der Waals surface area (Å²) < 4.78 is 23.7. The quantitative estimate of drug-likeness (QED) is 0.934. The first-order valence-corrected chi connectivity index (χ1v) is 6.60. The molecule has 1 fully saturated rings. The van der Waals surface area contributed by atoms with E-state index in [1.807, 2.05) is 0 Å². The summed E-state index contributed by atoms with van der Waals surface area (Å²) in [6, 6.07) is 4.60. The van der Waals surface area contributed by atoms with Crippen molar-refractivity contribution in [1.82, 2.24) is 15.5 Å². The van der Waals surface area contributed by atoms with Crippen molar-refractivity contribution in [3.63, 3.8) is 0 Å². The van der Waals surface area contributed by atoms with Gasteiger partial charge >= 0.3 is 0 Å². The normalized spacial score (nSPS) is 22.1. The molecule has 2 aromatic rings. The minimum Gasteiger partial charge on any atom is -0.494 e. The van der Waals surface area contributed by atoms with E-state index in [2.05, 4.69) is 22.4 Å². The number of hydrogen-bond donors (Lipinski definition) is 1. The summed E-state index contributed by atoms with van der Waals surface area (Å²) in [6.07, 6.45) is 1.09. The van der Waals surface area contributed by atoms with Crippen molar-refractivity contribution < 1.29 is 13.7 Å². The zero-order valence-corrected chi connectivity index (χ0v) is 11.4. The Hall–Kier alpha value is -1.95. The molecule has 0 bridgehead atoms. The van der Waals surface area contributed by atoms with Crippen LogP contribution < -0.4 is 10.1 Å². The van der Waals surface area contributed by atoms with Crippen LogP contribution in [0.3, 0.4) is 0 Å². The third-order valence-electron chi connectivity index (χ3n) is 3.65. The van der Waals surface area contributed by atoms with Crippen molar-refractivity contribution in [2.24, 2.45) is 5.92 Å². The molecule has 0 radical (unpaired) electrons. The highest BCUT2D eigenvalue weighted by Crippen LogP contribution is 2.30. The van der Waals surface area contributed by atoms with Gasteiger partial charge < -0.3 is 14.6 Å². The summed E-state index contributed by atoms with van der Waals surface area (Å²) in [5.41, 5.74) is 0.670. The highest BCUT2D eigenvalue weighted by molar-refractivity contribution is 5.57. The summed E-state index contributed by atoms with van der Waals surface area (Å²) in [5, 5.41) is 7.30. The first kappa shape index (κ1) is 13.1. The molecule has 1 saturated heterocycles. The molecule has 0 amide bonds. The van der Waals surface area contributed by atoms with Gasteiger partial charge in [-0.3, -0.25) is 0 Å². The van der Waals surface area contributed by atoms with Crippen LogP contribution in [0.4, 0.5) is 4.39 Å². The van der Waals surface area contributed by atoms with E-state index in [1.165, 1.54) is 13.2 Å². The Morgan fingerprint density at radius 1 is 1.45 bits per heavy atom. The minimum atomic E-state index is -0.411. The maximum atomic E-state index is 13.4. The van der Waals surface area contributed by atoms with Gasteiger partial charge in [-0.05, 0) is 37.1 Å². The van der Waals surface area contributed by atoms with E-state index >= 15 is 0 Å². The fourth-order valence-corrected chi connectivity index (χ4v) is 2.44. The molecular weight excluding hydrogens is 261 g/mol. The summed E-state index contributed by atoms with van der Waals surface area (Å²) in [4.78, 5) is 4.40. The molecule has 0 saturated carbocycles. The van der Waals surface area contributed by atoms with Crippen LogP contribution in [0.2, 0.25) is 0 Å². The fourth-order valence-electron chi connectivity index (χ4n) is 2.44. The van der Waals surface area contributed by atoms with Crippen LogP contribution in [0.1, 0.15) is 25.3 Å². The molecule has 5 nitrogen and oxygen atoms in total. The largest absolute Gasteiger partial charge is 0.494 e. The van der Waals surface area contributed by atoms with Crippen LogP contribution in [0.15, 0.2) is 22.7 Å². The van der Waals surface area contributed by atoms with Crippen molar-refractivity contribution >= 4 is 0 Å². The molecule has 106 valence electrons. The van der Waals surface area contributed by atoms with Crippen LogP contribution in [0, 0.1) is 11.7 Å². The lowest BCUT2D eigenvalue weighted by Crippen LogP contribution is -2.16. The minimum absolute atomic E-state index is 0.0959. The molecular formula is C14H16FN3O2. The van der Waals surface area contributed by atoms with Crippen LogP contribution in [0.5, 0.6) is 5.75 Å². The standard InChI is InChI=1S/C14H16FN3O2/c1-8-5-6-16-12(8)14-17-13(18-20-14)9-3-4-10(15)11(7-9)19-2/h3-4,7-8,12,16H,5-6H2,1-2H3. The SMILES string of the molecule is COc1cc(-c2noc(C3NCCC3C)n2)ccc1F. The highest BCUT2D eigenvalue weighted by Gasteiger charge is 2.29. The molecule has 1 aromatic heterocycles. The van der Waals surface area contributed by atoms with Gasteiger partial charge in [-0.1, -0.05) is 12.1 Å². The van der Waals surface area contributed by atoms with Gasteiger partial charge in [0.25, 0.3) is 0 Å². The smallest absolute Gasteiger partial charge is 0.244 e. The van der Waals surface area contributed by atoms with Gasteiger partial charge in [-0.25, -0.2) is 4.39 Å². The third-order valence-corrected chi connectivity index (χ3v) is 3.65. The van der Waals surface area contributed by atoms with E-state index in [1.54, 1.807) is 12.1 Å². The maximum Gasteiger partial charge on any atom is 0.244 e. The van der Waals surface area contributed by atoms with Crippen molar-refractivity contribution in [2.45, 2.75) is 19.4 Å². The monoisotopic (exact) mass is 277 g/mol. The van der Waals surface area contributed by atoms with Crippen molar-refractivity contribution in [3.8, 4) is 17.1 Å². The lowest BCUT2D eigenvalue weighted by molar-refractivity contribution is 0.319. The molecule has 20 heavy (non-hydrogen) atoms. The fraction of sp³-hybridized carbons (Fsp3) is 0.429. The number of benzene rings is 1. The zero-order chi connectivity index (χ0) is 14.1. The molecule has 0 spiro atoms. The Balaban J connectivity index is 1.90. The highest BCUT2D eigenvalue weighted by atomic mass is 19.1. The average molecular weight is 277 g/mol. The van der Waals surface area contributed by atoms with E-state index in [-0.39, 0.29) is 11.8 Å². The third kappa shape index (κ3) is 2.27. The maximum absolute atomic E-state index is 13.4. The lowest BCUT2D eigenvalue weighted by Gasteiger charge is -2.09. The van der Waals surface area contributed by atoms with Crippen LogP contribution in [0.25, 0.3) is 11.4 Å². The Morgan fingerprint density at radius 2 is 2.30 bits per heavy atom. The van der Waals surface area contributed by atoms with Crippen molar-refractivity contribution in [3.05, 3.63) is 29.9 Å². The molecule has 6 heteroatoms. The predicted octanol–water partition coefficient (Wildman–Crippen LogP) is 2.55. The molecule has 1 aliphatic heterocycles. The number of ether oxygens (including phenoxy) is 1. The summed E-state index contributed by atoms with van der Waals surface area (Å²) in [5.74, 6) is 1.24. The topological polar surface area (TPSA) is 60.2 Å². The molecule has 1 aliphatic rings. The van der Waals surface area contributed by atoms with Gasteiger partial charge in [0, 0.05) is 5.56 Å². The molecule has 1 aromatic carbocycles. The number of nitrogens with one attached hydrogen (secondary N) is 1. The predicted molar refractivity (Wildman–Crippen MR) is 70.8 cm³/mol. The molecule has 2 atom stereocenters. The van der Waals surface area contributed by atoms with E-state index in [4.69, 9.17) is 9.26 Å². The Bertz CT molecular complexity index is 614. The Kier molecular flexibility index (Phi) is 3.40. The number of halogens is 1. The number of nitrogens with zero attached hydrogens (tertiary/aromatic N) is 2. The molecule has 1 N–H and O–H groups in total. The summed E-state index contributed by atoms with van der Waals surface area (Å²) in [7, 11) is 1.42. The average Bonchev–Trinajstić information content (AvgIpc) is 3.08. The van der Waals surface area contributed by atoms with Gasteiger partial charge in [0.15, 0.2) is 11.6 Å². The van der Waals surface area contributed by atoms with E-state index in [0.29, 0.717) is 23.2 Å². The zero-order valence-electron chi connectivity index (χ0n) is 11.4. The Labute approximate surface area is 116 Å². The number of methoxy groups -OCH3 is 1. The van der Waals surface area contributed by atoms with Crippen molar-refractivity contribution in [1.29, 1.82) is 0 Å². The first-order valence-electron chi connectivity index (χ1n) is 6.60. The van der Waals surface area contributed by atoms with Gasteiger partial charge in [-0.2, -0.15) is 4.98 Å². The van der Waals surface area contributed by atoms with Gasteiger partial charge in [0.2, 0.25) is 11.7 Å². The number of rotatable bonds is 3. The molecule has 2 unspecified atom stereocenters. The van der Waals surface area contributed by atoms with Crippen LogP contribution in [-0.4, -0.2) is 23.8 Å². The molecule has 2 heterocycles. The molecule has 3 rings (SSSR count). The van der Waals surface area contributed by atoms with Crippen LogP contribution >= 0.6 is 0 Å². The summed E-state index contributed by atoms with van der Waals surface area (Å²) >= 11 is 0. The van der Waals surface area contributed by atoms with Gasteiger partial charge in [0.05, 0.1) is 13.2 Å². The molecule has 0 aliphatic carbocycles. The Morgan fingerprint density at radius 3 is 3.00 bits per heavy atom. The first-order chi connectivity index (χ1) is 9.69. The number of hydrogen-bond acceptors (Lipinski definition) is 5. The van der Waals surface area contributed by atoms with E-state index < -0.39 is 5.82 Å². The van der Waals surface area contributed by atoms with Gasteiger partial charge in [0.1, 0.15) is 0 Å². The van der Waals surface area contributed by atoms with Gasteiger partial charge in [-0.15, -0.1) is 0 Å². The van der Waals surface area contributed by atoms with Crippen LogP contribution in [-0.2, 0) is 0 Å². The number of aromatic nitrogens is 2. The lowest BCUT2D eigenvalue weighted by atomic mass is 10.0. The second-order valence-corrected chi connectivity index (χ2v) is 5.00. The second kappa shape index (κ2) is 5.20. The summed E-state index contributed by atoms with van der Waals surface area (Å²) in [6.45, 7) is 3.10. The second-order valence-electron chi connectivity index (χ2n) is 5.00.